The van der Waals surface area contributed by atoms with E-state index in [1.54, 1.807) is 18.4 Å². The third kappa shape index (κ3) is 5.15. The molecule has 7 heteroatoms. The van der Waals surface area contributed by atoms with Crippen LogP contribution in [-0.2, 0) is 9.53 Å². The molecule has 1 unspecified atom stereocenters. The Hall–Kier alpha value is -2.25. The molecule has 0 radical (unpaired) electrons. The van der Waals surface area contributed by atoms with Gasteiger partial charge in [0.2, 0.25) is 5.96 Å². The fourth-order valence-corrected chi connectivity index (χ4v) is 5.28. The highest BCUT2D eigenvalue weighted by Crippen LogP contribution is 2.29. The normalized spacial score (nSPS) is 20.1. The number of rotatable bonds is 7. The average Bonchev–Trinajstić information content (AvgIpc) is 3.32. The van der Waals surface area contributed by atoms with Crippen LogP contribution in [0.25, 0.3) is 16.3 Å². The minimum absolute atomic E-state index is 0.000449. The van der Waals surface area contributed by atoms with Crippen LogP contribution in [0.1, 0.15) is 57.9 Å². The number of fused-ring (bicyclic) bond motifs is 1. The van der Waals surface area contributed by atoms with Crippen LogP contribution in [0.5, 0.6) is 0 Å². The smallest absolute Gasteiger partial charge is 0.279 e. The zero-order chi connectivity index (χ0) is 21.8. The number of aliphatic imine (C=N–C) groups is 1. The quantitative estimate of drug-likeness (QED) is 0.627. The molecule has 1 aromatic carbocycles. The van der Waals surface area contributed by atoms with Gasteiger partial charge in [-0.15, -0.1) is 11.3 Å². The highest BCUT2D eigenvalue weighted by molar-refractivity contribution is 7.16. The van der Waals surface area contributed by atoms with Crippen molar-refractivity contribution in [3.8, 4) is 0 Å². The summed E-state index contributed by atoms with van der Waals surface area (Å²) in [6, 6.07) is 6.41. The van der Waals surface area contributed by atoms with Gasteiger partial charge in [-0.25, -0.2) is 9.98 Å². The number of ether oxygens (including phenoxy) is 1. The molecule has 1 aliphatic carbocycles. The van der Waals surface area contributed by atoms with Crippen LogP contribution in [0.4, 0.5) is 0 Å². The highest BCUT2D eigenvalue weighted by atomic mass is 32.1. The van der Waals surface area contributed by atoms with Crippen molar-refractivity contribution in [3.63, 3.8) is 0 Å². The zero-order valence-electron chi connectivity index (χ0n) is 18.6. The number of hydrogen-bond acceptors (Lipinski definition) is 6. The Bertz CT molecular complexity index is 975. The van der Waals surface area contributed by atoms with Crippen molar-refractivity contribution in [2.45, 2.75) is 64.5 Å². The lowest BCUT2D eigenvalue weighted by Crippen LogP contribution is -2.51. The molecule has 0 saturated heterocycles. The first-order chi connectivity index (χ1) is 15.0. The maximum Gasteiger partial charge on any atom is 0.279 e. The lowest BCUT2D eigenvalue weighted by Gasteiger charge is -2.33. The Morgan fingerprint density at radius 3 is 2.84 bits per heavy atom. The molecule has 31 heavy (non-hydrogen) atoms. The molecule has 2 aliphatic rings. The lowest BCUT2D eigenvalue weighted by molar-refractivity contribution is -0.124. The van der Waals surface area contributed by atoms with Gasteiger partial charge in [-0.1, -0.05) is 39.2 Å². The van der Waals surface area contributed by atoms with Crippen molar-refractivity contribution in [2.75, 3.05) is 13.7 Å². The van der Waals surface area contributed by atoms with Crippen molar-refractivity contribution in [1.82, 2.24) is 15.2 Å². The molecule has 1 fully saturated rings. The average molecular weight is 441 g/mol. The van der Waals surface area contributed by atoms with Gasteiger partial charge in [-0.2, -0.15) is 0 Å². The SMILES string of the molecule is COCC(CC(C)C)NC1=N/C(=C\c2ccc3ncsc3c2)C(=O)N1C1CCCCC1. The minimum Gasteiger partial charge on any atom is -0.383 e. The Labute approximate surface area is 188 Å². The molecule has 0 bridgehead atoms. The van der Waals surface area contributed by atoms with E-state index in [0.29, 0.717) is 24.2 Å². The Balaban J connectivity index is 1.64. The first-order valence-corrected chi connectivity index (χ1v) is 12.2. The molecule has 1 saturated carbocycles. The highest BCUT2D eigenvalue weighted by Gasteiger charge is 2.37. The lowest BCUT2D eigenvalue weighted by atomic mass is 9.94. The summed E-state index contributed by atoms with van der Waals surface area (Å²) in [5.41, 5.74) is 4.30. The molecule has 6 nitrogen and oxygen atoms in total. The van der Waals surface area contributed by atoms with Crippen molar-refractivity contribution in [3.05, 3.63) is 35.0 Å². The number of thiazole rings is 1. The first kappa shape index (κ1) is 22.0. The molecule has 1 aliphatic heterocycles. The van der Waals surface area contributed by atoms with E-state index in [1.807, 2.05) is 28.6 Å². The summed E-state index contributed by atoms with van der Waals surface area (Å²) in [6.45, 7) is 4.99. The van der Waals surface area contributed by atoms with Crippen molar-refractivity contribution >= 4 is 39.5 Å². The molecular formula is C24H32N4O2S. The summed E-state index contributed by atoms with van der Waals surface area (Å²) >= 11 is 1.61. The molecular weight excluding hydrogens is 408 g/mol. The van der Waals surface area contributed by atoms with E-state index in [2.05, 4.69) is 30.2 Å². The van der Waals surface area contributed by atoms with E-state index < -0.39 is 0 Å². The predicted molar refractivity (Wildman–Crippen MR) is 127 cm³/mol. The number of carbonyl (C=O) groups is 1. The minimum atomic E-state index is -0.000449. The number of nitrogens with one attached hydrogen (secondary N) is 1. The van der Waals surface area contributed by atoms with Crippen molar-refractivity contribution in [2.24, 2.45) is 10.9 Å². The van der Waals surface area contributed by atoms with Gasteiger partial charge in [0, 0.05) is 13.2 Å². The largest absolute Gasteiger partial charge is 0.383 e. The van der Waals surface area contributed by atoms with Gasteiger partial charge >= 0.3 is 0 Å². The topological polar surface area (TPSA) is 66.8 Å². The number of hydrogen-bond donors (Lipinski definition) is 1. The fraction of sp³-hybridized carbons (Fsp3) is 0.542. The Morgan fingerprint density at radius 1 is 1.29 bits per heavy atom. The standard InChI is InChI=1S/C24H32N4O2S/c1-16(2)11-18(14-30-3)26-24-27-21(23(29)28(24)19-7-5-4-6-8-19)12-17-9-10-20-22(13-17)31-15-25-20/h9-10,12-13,15-16,18-19H,4-8,11,14H2,1-3H3,(H,26,27)/b21-12-. The maximum atomic E-state index is 13.5. The summed E-state index contributed by atoms with van der Waals surface area (Å²) in [6.07, 6.45) is 8.50. The molecule has 166 valence electrons. The number of carbonyl (C=O) groups excluding carboxylic acids is 1. The van der Waals surface area contributed by atoms with E-state index in [9.17, 15) is 4.79 Å². The van der Waals surface area contributed by atoms with E-state index in [-0.39, 0.29) is 18.0 Å². The summed E-state index contributed by atoms with van der Waals surface area (Å²) in [7, 11) is 1.72. The van der Waals surface area contributed by atoms with Crippen LogP contribution >= 0.6 is 11.3 Å². The van der Waals surface area contributed by atoms with E-state index in [1.165, 1.54) is 6.42 Å². The molecule has 1 amide bonds. The number of guanidine groups is 1. The van der Waals surface area contributed by atoms with Gasteiger partial charge in [0.25, 0.3) is 5.91 Å². The van der Waals surface area contributed by atoms with E-state index >= 15 is 0 Å². The van der Waals surface area contributed by atoms with E-state index in [0.717, 1.165) is 47.9 Å². The van der Waals surface area contributed by atoms with Crippen molar-refractivity contribution < 1.29 is 9.53 Å². The van der Waals surface area contributed by atoms with Crippen LogP contribution < -0.4 is 5.32 Å². The van der Waals surface area contributed by atoms with Crippen LogP contribution in [0.15, 0.2) is 34.4 Å². The third-order valence-corrected chi connectivity index (χ3v) is 6.74. The summed E-state index contributed by atoms with van der Waals surface area (Å²) in [5, 5.41) is 3.55. The molecule has 2 aromatic rings. The number of benzene rings is 1. The number of aromatic nitrogens is 1. The second kappa shape index (κ2) is 9.92. The molecule has 2 heterocycles. The Kier molecular flexibility index (Phi) is 7.02. The van der Waals surface area contributed by atoms with Gasteiger partial charge in [0.15, 0.2) is 0 Å². The second-order valence-corrected chi connectivity index (χ2v) is 9.82. The molecule has 1 N–H and O–H groups in total. The molecule has 4 rings (SSSR count). The molecule has 1 atom stereocenters. The van der Waals surface area contributed by atoms with Crippen molar-refractivity contribution in [1.29, 1.82) is 0 Å². The van der Waals surface area contributed by atoms with Crippen LogP contribution in [0.3, 0.4) is 0 Å². The number of amides is 1. The van der Waals surface area contributed by atoms with Gasteiger partial charge in [-0.3, -0.25) is 9.69 Å². The fourth-order valence-electron chi connectivity index (χ4n) is 4.55. The monoisotopic (exact) mass is 440 g/mol. The molecule has 1 aromatic heterocycles. The zero-order valence-corrected chi connectivity index (χ0v) is 19.5. The van der Waals surface area contributed by atoms with Gasteiger partial charge in [0.1, 0.15) is 5.70 Å². The Morgan fingerprint density at radius 2 is 2.10 bits per heavy atom. The summed E-state index contributed by atoms with van der Waals surface area (Å²) in [5.74, 6) is 1.21. The first-order valence-electron chi connectivity index (χ1n) is 11.3. The van der Waals surface area contributed by atoms with E-state index in [4.69, 9.17) is 9.73 Å². The van der Waals surface area contributed by atoms with Crippen LogP contribution in [-0.4, -0.2) is 47.6 Å². The third-order valence-electron chi connectivity index (χ3n) is 5.95. The van der Waals surface area contributed by atoms with Gasteiger partial charge in [-0.05, 0) is 49.0 Å². The molecule has 0 spiro atoms. The number of nitrogens with zero attached hydrogens (tertiary/aromatic N) is 3. The van der Waals surface area contributed by atoms with Gasteiger partial charge in [0.05, 0.1) is 28.4 Å². The van der Waals surface area contributed by atoms with Gasteiger partial charge < -0.3 is 10.1 Å². The van der Waals surface area contributed by atoms with Crippen LogP contribution in [0, 0.1) is 5.92 Å². The summed E-state index contributed by atoms with van der Waals surface area (Å²) < 4.78 is 6.55. The van der Waals surface area contributed by atoms with Crippen LogP contribution in [0.2, 0.25) is 0 Å². The number of methoxy groups -OCH3 is 1. The summed E-state index contributed by atoms with van der Waals surface area (Å²) in [4.78, 5) is 24.5. The predicted octanol–water partition coefficient (Wildman–Crippen LogP) is 4.82. The second-order valence-electron chi connectivity index (χ2n) is 8.94. The maximum absolute atomic E-state index is 13.5.